The van der Waals surface area contributed by atoms with Gasteiger partial charge in [0.15, 0.2) is 0 Å². The fourth-order valence-corrected chi connectivity index (χ4v) is 2.12. The molecule has 1 aromatic heterocycles. The number of hydrogen-bond donors (Lipinski definition) is 1. The molecule has 0 unspecified atom stereocenters. The SMILES string of the molecule is CCc1ccccc1NC(=O)Cn1cc(C(F)(F)F)ccc1=O. The number of alkyl halides is 3. The second-order valence-electron chi connectivity index (χ2n) is 4.94. The molecule has 7 heteroatoms. The maximum Gasteiger partial charge on any atom is 0.417 e. The average molecular weight is 324 g/mol. The van der Waals surface area contributed by atoms with E-state index in [1.54, 1.807) is 12.1 Å². The Morgan fingerprint density at radius 3 is 2.52 bits per heavy atom. The summed E-state index contributed by atoms with van der Waals surface area (Å²) < 4.78 is 38.7. The number of aromatic nitrogens is 1. The van der Waals surface area contributed by atoms with Crippen LogP contribution in [0.5, 0.6) is 0 Å². The van der Waals surface area contributed by atoms with E-state index in [1.807, 2.05) is 19.1 Å². The first kappa shape index (κ1) is 16.8. The minimum absolute atomic E-state index is 0.485. The molecule has 23 heavy (non-hydrogen) atoms. The molecule has 0 radical (unpaired) electrons. The van der Waals surface area contributed by atoms with E-state index < -0.39 is 29.8 Å². The number of pyridine rings is 1. The van der Waals surface area contributed by atoms with Crippen LogP contribution in [-0.4, -0.2) is 10.5 Å². The Morgan fingerprint density at radius 1 is 1.17 bits per heavy atom. The van der Waals surface area contributed by atoms with E-state index in [0.717, 1.165) is 16.2 Å². The van der Waals surface area contributed by atoms with Gasteiger partial charge in [0.25, 0.3) is 5.56 Å². The molecular weight excluding hydrogens is 309 g/mol. The molecule has 2 rings (SSSR count). The third kappa shape index (κ3) is 4.21. The number of anilines is 1. The van der Waals surface area contributed by atoms with Crippen LogP contribution < -0.4 is 10.9 Å². The number of aryl methyl sites for hydroxylation is 1. The predicted octanol–water partition coefficient (Wildman–Crippen LogP) is 3.07. The van der Waals surface area contributed by atoms with Gasteiger partial charge in [0.1, 0.15) is 6.54 Å². The van der Waals surface area contributed by atoms with Gasteiger partial charge in [-0.1, -0.05) is 25.1 Å². The number of nitrogens with one attached hydrogen (secondary N) is 1. The van der Waals surface area contributed by atoms with E-state index in [1.165, 1.54) is 0 Å². The molecule has 4 nitrogen and oxygen atoms in total. The molecule has 0 spiro atoms. The number of carbonyl (C=O) groups is 1. The third-order valence-electron chi connectivity index (χ3n) is 3.30. The van der Waals surface area contributed by atoms with E-state index >= 15 is 0 Å². The zero-order chi connectivity index (χ0) is 17.0. The highest BCUT2D eigenvalue weighted by Crippen LogP contribution is 2.28. The maximum atomic E-state index is 12.7. The first-order chi connectivity index (χ1) is 10.8. The Kier molecular flexibility index (Phi) is 4.88. The summed E-state index contributed by atoms with van der Waals surface area (Å²) in [6.45, 7) is 1.43. The van der Waals surface area contributed by atoms with Crippen LogP contribution >= 0.6 is 0 Å². The van der Waals surface area contributed by atoms with Crippen molar-refractivity contribution < 1.29 is 18.0 Å². The van der Waals surface area contributed by atoms with Crippen LogP contribution in [0.3, 0.4) is 0 Å². The van der Waals surface area contributed by atoms with Gasteiger partial charge in [-0.3, -0.25) is 9.59 Å². The smallest absolute Gasteiger partial charge is 0.324 e. The lowest BCUT2D eigenvalue weighted by Crippen LogP contribution is -2.28. The summed E-state index contributed by atoms with van der Waals surface area (Å²) >= 11 is 0. The van der Waals surface area contributed by atoms with Crippen molar-refractivity contribution >= 4 is 11.6 Å². The van der Waals surface area contributed by atoms with Gasteiger partial charge in [-0.05, 0) is 24.1 Å². The summed E-state index contributed by atoms with van der Waals surface area (Å²) in [5.41, 5.74) is -0.159. The largest absolute Gasteiger partial charge is 0.417 e. The quantitative estimate of drug-likeness (QED) is 0.940. The lowest BCUT2D eigenvalue weighted by Gasteiger charge is -2.12. The molecule has 0 aliphatic heterocycles. The summed E-state index contributed by atoms with van der Waals surface area (Å²) in [4.78, 5) is 23.6. The van der Waals surface area contributed by atoms with E-state index in [0.29, 0.717) is 24.4 Å². The van der Waals surface area contributed by atoms with Gasteiger partial charge in [0.2, 0.25) is 5.91 Å². The zero-order valence-corrected chi connectivity index (χ0v) is 12.4. The topological polar surface area (TPSA) is 51.1 Å². The molecular formula is C16H15F3N2O2. The van der Waals surface area contributed by atoms with Crippen LogP contribution in [0.25, 0.3) is 0 Å². The Labute approximate surface area is 130 Å². The fourth-order valence-electron chi connectivity index (χ4n) is 2.12. The number of carbonyl (C=O) groups excluding carboxylic acids is 1. The minimum atomic E-state index is -4.57. The van der Waals surface area contributed by atoms with E-state index in [-0.39, 0.29) is 0 Å². The first-order valence-electron chi connectivity index (χ1n) is 6.96. The van der Waals surface area contributed by atoms with Crippen LogP contribution in [0.1, 0.15) is 18.1 Å². The highest BCUT2D eigenvalue weighted by molar-refractivity contribution is 5.91. The molecule has 1 heterocycles. The van der Waals surface area contributed by atoms with Gasteiger partial charge < -0.3 is 9.88 Å². The number of hydrogen-bond acceptors (Lipinski definition) is 2. The summed E-state index contributed by atoms with van der Waals surface area (Å²) in [6.07, 6.45) is -3.23. The van der Waals surface area contributed by atoms with Gasteiger partial charge in [-0.25, -0.2) is 0 Å². The van der Waals surface area contributed by atoms with Gasteiger partial charge >= 0.3 is 6.18 Å². The van der Waals surface area contributed by atoms with Crippen LogP contribution in [-0.2, 0) is 23.9 Å². The summed E-state index contributed by atoms with van der Waals surface area (Å²) in [6, 6.07) is 8.61. The summed E-state index contributed by atoms with van der Waals surface area (Å²) in [5.74, 6) is -0.563. The molecule has 0 atom stereocenters. The summed E-state index contributed by atoms with van der Waals surface area (Å²) in [5, 5.41) is 2.62. The van der Waals surface area contributed by atoms with Crippen molar-refractivity contribution in [1.29, 1.82) is 0 Å². The highest BCUT2D eigenvalue weighted by Gasteiger charge is 2.31. The number of para-hydroxylation sites is 1. The van der Waals surface area contributed by atoms with Gasteiger partial charge in [-0.15, -0.1) is 0 Å². The molecule has 2 aromatic rings. The molecule has 122 valence electrons. The molecule has 0 aliphatic carbocycles. The summed E-state index contributed by atoms with van der Waals surface area (Å²) in [7, 11) is 0. The van der Waals surface area contributed by atoms with E-state index in [9.17, 15) is 22.8 Å². The van der Waals surface area contributed by atoms with E-state index in [2.05, 4.69) is 5.32 Å². The van der Waals surface area contributed by atoms with Crippen LogP contribution in [0, 0.1) is 0 Å². The Bertz CT molecular complexity index is 766. The molecule has 1 N–H and O–H groups in total. The van der Waals surface area contributed by atoms with Crippen LogP contribution in [0.4, 0.5) is 18.9 Å². The second-order valence-corrected chi connectivity index (χ2v) is 4.94. The molecule has 1 aromatic carbocycles. The monoisotopic (exact) mass is 324 g/mol. The van der Waals surface area contributed by atoms with Gasteiger partial charge in [0, 0.05) is 18.0 Å². The maximum absolute atomic E-state index is 12.7. The molecule has 1 amide bonds. The normalized spacial score (nSPS) is 11.3. The van der Waals surface area contributed by atoms with Crippen LogP contribution in [0.2, 0.25) is 0 Å². The third-order valence-corrected chi connectivity index (χ3v) is 3.30. The number of halogens is 3. The molecule has 0 bridgehead atoms. The number of rotatable bonds is 4. The van der Waals surface area contributed by atoms with Crippen molar-refractivity contribution in [2.45, 2.75) is 26.1 Å². The predicted molar refractivity (Wildman–Crippen MR) is 80.2 cm³/mol. The molecule has 0 saturated carbocycles. The fraction of sp³-hybridized carbons (Fsp3) is 0.250. The van der Waals surface area contributed by atoms with Crippen molar-refractivity contribution in [2.75, 3.05) is 5.32 Å². The first-order valence-corrected chi connectivity index (χ1v) is 6.96. The Morgan fingerprint density at radius 2 is 1.87 bits per heavy atom. The zero-order valence-electron chi connectivity index (χ0n) is 12.4. The number of benzene rings is 1. The standard InChI is InChI=1S/C16H15F3N2O2/c1-2-11-5-3-4-6-13(11)20-14(22)10-21-9-12(16(17,18)19)7-8-15(21)23/h3-9H,2,10H2,1H3,(H,20,22). The number of amides is 1. The van der Waals surface area contributed by atoms with Crippen molar-refractivity contribution in [3.05, 3.63) is 64.1 Å². The highest BCUT2D eigenvalue weighted by atomic mass is 19.4. The Balaban J connectivity index is 2.19. The lowest BCUT2D eigenvalue weighted by molar-refractivity contribution is -0.138. The van der Waals surface area contributed by atoms with Crippen molar-refractivity contribution in [3.63, 3.8) is 0 Å². The van der Waals surface area contributed by atoms with E-state index in [4.69, 9.17) is 0 Å². The Hall–Kier alpha value is -2.57. The molecule has 0 saturated heterocycles. The van der Waals surface area contributed by atoms with Gasteiger partial charge in [0.05, 0.1) is 5.56 Å². The number of nitrogens with zero attached hydrogens (tertiary/aromatic N) is 1. The minimum Gasteiger partial charge on any atom is -0.324 e. The van der Waals surface area contributed by atoms with Crippen molar-refractivity contribution in [3.8, 4) is 0 Å². The van der Waals surface area contributed by atoms with Crippen LogP contribution in [0.15, 0.2) is 47.4 Å². The van der Waals surface area contributed by atoms with Gasteiger partial charge in [-0.2, -0.15) is 13.2 Å². The molecule has 0 fully saturated rings. The van der Waals surface area contributed by atoms with Crippen molar-refractivity contribution in [2.24, 2.45) is 0 Å². The average Bonchev–Trinajstić information content (AvgIpc) is 2.49. The van der Waals surface area contributed by atoms with Crippen molar-refractivity contribution in [1.82, 2.24) is 4.57 Å². The lowest BCUT2D eigenvalue weighted by atomic mass is 10.1. The second kappa shape index (κ2) is 6.68. The molecule has 0 aliphatic rings.